The van der Waals surface area contributed by atoms with Crippen LogP contribution in [0.1, 0.15) is 36.5 Å². The lowest BCUT2D eigenvalue weighted by atomic mass is 9.95. The zero-order valence-corrected chi connectivity index (χ0v) is 11.6. The molecule has 0 aromatic heterocycles. The number of benzene rings is 2. The first-order valence-electron chi connectivity index (χ1n) is 6.46. The minimum absolute atomic E-state index is 0.471. The summed E-state index contributed by atoms with van der Waals surface area (Å²) in [6.45, 7) is 8.61. The van der Waals surface area contributed by atoms with Crippen molar-refractivity contribution in [2.24, 2.45) is 0 Å². The Hall–Kier alpha value is -1.76. The molecule has 0 saturated carbocycles. The van der Waals surface area contributed by atoms with Crippen molar-refractivity contribution < 1.29 is 0 Å². The van der Waals surface area contributed by atoms with Gasteiger partial charge in [-0.15, -0.1) is 0 Å². The van der Waals surface area contributed by atoms with Crippen LogP contribution >= 0.6 is 0 Å². The van der Waals surface area contributed by atoms with Gasteiger partial charge in [-0.1, -0.05) is 44.2 Å². The van der Waals surface area contributed by atoms with Crippen molar-refractivity contribution in [2.45, 2.75) is 33.6 Å². The van der Waals surface area contributed by atoms with Crippen LogP contribution in [0.4, 0.5) is 5.69 Å². The number of anilines is 1. The molecule has 0 radical (unpaired) electrons. The van der Waals surface area contributed by atoms with Crippen molar-refractivity contribution in [3.63, 3.8) is 0 Å². The Balaban J connectivity index is 2.45. The van der Waals surface area contributed by atoms with Gasteiger partial charge in [0.2, 0.25) is 0 Å². The molecule has 1 heteroatoms. The molecule has 0 bridgehead atoms. The lowest BCUT2D eigenvalue weighted by Gasteiger charge is -2.12. The zero-order chi connectivity index (χ0) is 13.3. The molecule has 0 unspecified atom stereocenters. The SMILES string of the molecule is Cc1ccc(-c2ccc(C(C)C)c(N)c2)cc1C. The molecule has 0 heterocycles. The molecule has 0 aliphatic heterocycles. The van der Waals surface area contributed by atoms with Crippen LogP contribution in [-0.4, -0.2) is 0 Å². The van der Waals surface area contributed by atoms with E-state index in [2.05, 4.69) is 64.1 Å². The maximum Gasteiger partial charge on any atom is 0.0355 e. The summed E-state index contributed by atoms with van der Waals surface area (Å²) in [6, 6.07) is 12.9. The second kappa shape index (κ2) is 4.85. The van der Waals surface area contributed by atoms with Crippen molar-refractivity contribution in [1.82, 2.24) is 0 Å². The molecule has 0 fully saturated rings. The Labute approximate surface area is 110 Å². The van der Waals surface area contributed by atoms with Crippen LogP contribution in [0, 0.1) is 13.8 Å². The van der Waals surface area contributed by atoms with Gasteiger partial charge in [-0.05, 0) is 53.6 Å². The smallest absolute Gasteiger partial charge is 0.0355 e. The highest BCUT2D eigenvalue weighted by Crippen LogP contribution is 2.28. The Morgan fingerprint density at radius 3 is 2.00 bits per heavy atom. The third-order valence-electron chi connectivity index (χ3n) is 3.55. The summed E-state index contributed by atoms with van der Waals surface area (Å²) in [4.78, 5) is 0. The van der Waals surface area contributed by atoms with Crippen LogP contribution in [-0.2, 0) is 0 Å². The van der Waals surface area contributed by atoms with E-state index < -0.39 is 0 Å². The minimum Gasteiger partial charge on any atom is -0.398 e. The summed E-state index contributed by atoms with van der Waals surface area (Å²) in [5.74, 6) is 0.471. The third-order valence-corrected chi connectivity index (χ3v) is 3.55. The molecule has 2 N–H and O–H groups in total. The van der Waals surface area contributed by atoms with Gasteiger partial charge in [-0.3, -0.25) is 0 Å². The van der Waals surface area contributed by atoms with Gasteiger partial charge in [0.25, 0.3) is 0 Å². The second-order valence-electron chi connectivity index (χ2n) is 5.30. The lowest BCUT2D eigenvalue weighted by molar-refractivity contribution is 0.870. The molecule has 0 amide bonds. The zero-order valence-electron chi connectivity index (χ0n) is 11.6. The second-order valence-corrected chi connectivity index (χ2v) is 5.30. The first-order valence-corrected chi connectivity index (χ1v) is 6.46. The van der Waals surface area contributed by atoms with Crippen molar-refractivity contribution in [3.8, 4) is 11.1 Å². The lowest BCUT2D eigenvalue weighted by Crippen LogP contribution is -1.96. The van der Waals surface area contributed by atoms with Gasteiger partial charge in [0.05, 0.1) is 0 Å². The molecular weight excluding hydrogens is 218 g/mol. The van der Waals surface area contributed by atoms with Crippen molar-refractivity contribution in [2.75, 3.05) is 5.73 Å². The summed E-state index contributed by atoms with van der Waals surface area (Å²) in [7, 11) is 0. The predicted octanol–water partition coefficient (Wildman–Crippen LogP) is 4.68. The van der Waals surface area contributed by atoms with Crippen molar-refractivity contribution in [3.05, 3.63) is 53.1 Å². The number of hydrogen-bond donors (Lipinski definition) is 1. The van der Waals surface area contributed by atoms with E-state index in [4.69, 9.17) is 5.73 Å². The fourth-order valence-electron chi connectivity index (χ4n) is 2.20. The maximum atomic E-state index is 6.13. The van der Waals surface area contributed by atoms with Crippen LogP contribution in [0.15, 0.2) is 36.4 Å². The van der Waals surface area contributed by atoms with Crippen molar-refractivity contribution in [1.29, 1.82) is 0 Å². The molecule has 18 heavy (non-hydrogen) atoms. The topological polar surface area (TPSA) is 26.0 Å². The highest BCUT2D eigenvalue weighted by molar-refractivity contribution is 5.70. The number of aryl methyl sites for hydroxylation is 2. The van der Waals surface area contributed by atoms with Crippen LogP contribution in [0.5, 0.6) is 0 Å². The minimum atomic E-state index is 0.471. The van der Waals surface area contributed by atoms with Gasteiger partial charge in [0, 0.05) is 5.69 Å². The van der Waals surface area contributed by atoms with E-state index in [-0.39, 0.29) is 0 Å². The van der Waals surface area contributed by atoms with Crippen molar-refractivity contribution >= 4 is 5.69 Å². The van der Waals surface area contributed by atoms with E-state index in [1.807, 2.05) is 0 Å². The summed E-state index contributed by atoms with van der Waals surface area (Å²) in [5.41, 5.74) is 13.3. The molecular formula is C17H21N. The van der Waals surface area contributed by atoms with E-state index in [1.54, 1.807) is 0 Å². The Bertz CT molecular complexity index is 568. The van der Waals surface area contributed by atoms with E-state index >= 15 is 0 Å². The maximum absolute atomic E-state index is 6.13. The molecule has 1 nitrogen and oxygen atoms in total. The standard InChI is InChI=1S/C17H21N/c1-11(2)16-8-7-15(10-17(16)18)14-6-5-12(3)13(4)9-14/h5-11H,18H2,1-4H3. The number of rotatable bonds is 2. The van der Waals surface area contributed by atoms with E-state index in [1.165, 1.54) is 27.8 Å². The number of nitrogens with two attached hydrogens (primary N) is 1. The first kappa shape index (κ1) is 12.7. The van der Waals surface area contributed by atoms with Crippen LogP contribution in [0.25, 0.3) is 11.1 Å². The number of nitrogen functional groups attached to an aromatic ring is 1. The molecule has 2 aromatic carbocycles. The van der Waals surface area contributed by atoms with Gasteiger partial charge in [0.15, 0.2) is 0 Å². The van der Waals surface area contributed by atoms with Gasteiger partial charge in [0.1, 0.15) is 0 Å². The summed E-state index contributed by atoms with van der Waals surface area (Å²) in [6.07, 6.45) is 0. The molecule has 2 aromatic rings. The number of hydrogen-bond acceptors (Lipinski definition) is 1. The van der Waals surface area contributed by atoms with E-state index in [9.17, 15) is 0 Å². The van der Waals surface area contributed by atoms with E-state index in [0.29, 0.717) is 5.92 Å². The Morgan fingerprint density at radius 1 is 0.833 bits per heavy atom. The van der Waals surface area contributed by atoms with Gasteiger partial charge < -0.3 is 5.73 Å². The van der Waals surface area contributed by atoms with Crippen LogP contribution in [0.2, 0.25) is 0 Å². The Morgan fingerprint density at radius 2 is 1.44 bits per heavy atom. The van der Waals surface area contributed by atoms with Crippen LogP contribution < -0.4 is 5.73 Å². The highest BCUT2D eigenvalue weighted by Gasteiger charge is 2.06. The van der Waals surface area contributed by atoms with Gasteiger partial charge in [-0.2, -0.15) is 0 Å². The first-order chi connectivity index (χ1) is 8.49. The summed E-state index contributed by atoms with van der Waals surface area (Å²) in [5, 5.41) is 0. The van der Waals surface area contributed by atoms with E-state index in [0.717, 1.165) is 5.69 Å². The largest absolute Gasteiger partial charge is 0.398 e. The molecule has 0 aliphatic carbocycles. The normalized spacial score (nSPS) is 10.9. The molecule has 0 spiro atoms. The molecule has 0 aliphatic rings. The monoisotopic (exact) mass is 239 g/mol. The molecule has 94 valence electrons. The fraction of sp³-hybridized carbons (Fsp3) is 0.294. The molecule has 2 rings (SSSR count). The molecule has 0 atom stereocenters. The summed E-state index contributed by atoms with van der Waals surface area (Å²) < 4.78 is 0. The van der Waals surface area contributed by atoms with Crippen LogP contribution in [0.3, 0.4) is 0 Å². The van der Waals surface area contributed by atoms with Gasteiger partial charge in [-0.25, -0.2) is 0 Å². The highest BCUT2D eigenvalue weighted by atomic mass is 14.6. The summed E-state index contributed by atoms with van der Waals surface area (Å²) >= 11 is 0. The molecule has 0 saturated heterocycles. The average molecular weight is 239 g/mol. The third kappa shape index (κ3) is 2.40. The fourth-order valence-corrected chi connectivity index (χ4v) is 2.20. The predicted molar refractivity (Wildman–Crippen MR) is 79.9 cm³/mol. The Kier molecular flexibility index (Phi) is 3.42. The van der Waals surface area contributed by atoms with Gasteiger partial charge >= 0.3 is 0 Å². The average Bonchev–Trinajstić information content (AvgIpc) is 2.32. The quantitative estimate of drug-likeness (QED) is 0.757.